The van der Waals surface area contributed by atoms with Crippen LogP contribution in [0.15, 0.2) is 0 Å². The van der Waals surface area contributed by atoms with Crippen molar-refractivity contribution in [2.45, 2.75) is 52.4 Å². The Morgan fingerprint density at radius 2 is 2.07 bits per heavy atom. The van der Waals surface area contributed by atoms with E-state index in [1.807, 2.05) is 0 Å². The van der Waals surface area contributed by atoms with Crippen molar-refractivity contribution in [2.24, 2.45) is 5.92 Å². The number of rotatable bonds is 9. The van der Waals surface area contributed by atoms with Crippen molar-refractivity contribution in [3.63, 3.8) is 0 Å². The van der Waals surface area contributed by atoms with Crippen LogP contribution in [0.25, 0.3) is 0 Å². The van der Waals surface area contributed by atoms with E-state index in [1.54, 1.807) is 0 Å². The van der Waals surface area contributed by atoms with E-state index in [1.165, 1.54) is 25.7 Å². The molecule has 1 unspecified atom stereocenters. The lowest BCUT2D eigenvalue weighted by atomic mass is 10.0. The zero-order chi connectivity index (χ0) is 10.6. The van der Waals surface area contributed by atoms with Crippen molar-refractivity contribution in [2.75, 3.05) is 13.2 Å². The van der Waals surface area contributed by atoms with E-state index < -0.39 is 0 Å². The maximum atomic E-state index is 8.33. The first kappa shape index (κ1) is 13.4. The summed E-state index contributed by atoms with van der Waals surface area (Å²) in [6, 6.07) is 2.12. The first-order valence-corrected chi connectivity index (χ1v) is 5.79. The molecule has 1 atom stereocenters. The van der Waals surface area contributed by atoms with Gasteiger partial charge in [0.2, 0.25) is 0 Å². The molecule has 0 amide bonds. The summed E-state index contributed by atoms with van der Waals surface area (Å²) in [6.07, 6.45) is 6.56. The first-order valence-electron chi connectivity index (χ1n) is 5.79. The minimum Gasteiger partial charge on any atom is -0.381 e. The molecule has 0 bridgehead atoms. The second kappa shape index (κ2) is 10.5. The Morgan fingerprint density at radius 3 is 2.64 bits per heavy atom. The van der Waals surface area contributed by atoms with Crippen molar-refractivity contribution >= 4 is 0 Å². The van der Waals surface area contributed by atoms with Crippen LogP contribution in [-0.4, -0.2) is 13.2 Å². The highest BCUT2D eigenvalue weighted by Crippen LogP contribution is 2.12. The summed E-state index contributed by atoms with van der Waals surface area (Å²) in [5.74, 6) is 0.719. The zero-order valence-electron chi connectivity index (χ0n) is 9.59. The van der Waals surface area contributed by atoms with Gasteiger partial charge in [0.1, 0.15) is 0 Å². The summed E-state index contributed by atoms with van der Waals surface area (Å²) in [5.41, 5.74) is 0. The highest BCUT2D eigenvalue weighted by Gasteiger charge is 2.05. The van der Waals surface area contributed by atoms with Crippen LogP contribution in [0.3, 0.4) is 0 Å². The van der Waals surface area contributed by atoms with Gasteiger partial charge in [-0.05, 0) is 18.8 Å². The fraction of sp³-hybridized carbons (Fsp3) is 0.917. The minimum atomic E-state index is 0.617. The van der Waals surface area contributed by atoms with E-state index in [4.69, 9.17) is 10.00 Å². The summed E-state index contributed by atoms with van der Waals surface area (Å²) in [4.78, 5) is 0. The average Bonchev–Trinajstić information content (AvgIpc) is 2.22. The van der Waals surface area contributed by atoms with E-state index in [-0.39, 0.29) is 0 Å². The maximum Gasteiger partial charge on any atom is 0.0622 e. The van der Waals surface area contributed by atoms with E-state index in [9.17, 15) is 0 Å². The SMILES string of the molecule is CCCCC(CC)COCCCC#N. The molecule has 0 saturated carbocycles. The Morgan fingerprint density at radius 1 is 1.29 bits per heavy atom. The standard InChI is InChI=1S/C12H23NO/c1-3-5-8-12(4-2)11-14-10-7-6-9-13/h12H,3-8,10-11H2,1-2H3. The van der Waals surface area contributed by atoms with E-state index in [0.29, 0.717) is 6.42 Å². The van der Waals surface area contributed by atoms with Gasteiger partial charge in [0.25, 0.3) is 0 Å². The normalized spacial score (nSPS) is 12.4. The first-order chi connectivity index (χ1) is 6.85. The second-order valence-electron chi connectivity index (χ2n) is 3.75. The van der Waals surface area contributed by atoms with E-state index >= 15 is 0 Å². The molecule has 2 heteroatoms. The summed E-state index contributed by atoms with van der Waals surface area (Å²) < 4.78 is 5.53. The molecule has 14 heavy (non-hydrogen) atoms. The molecule has 0 aliphatic rings. The van der Waals surface area contributed by atoms with Gasteiger partial charge in [-0.3, -0.25) is 0 Å². The van der Waals surface area contributed by atoms with E-state index in [0.717, 1.165) is 25.6 Å². The molecule has 0 saturated heterocycles. The summed E-state index contributed by atoms with van der Waals surface area (Å²) in [6.45, 7) is 6.07. The van der Waals surface area contributed by atoms with Crippen LogP contribution >= 0.6 is 0 Å². The largest absolute Gasteiger partial charge is 0.381 e. The number of hydrogen-bond acceptors (Lipinski definition) is 2. The molecule has 0 spiro atoms. The van der Waals surface area contributed by atoms with Gasteiger partial charge in [0.05, 0.1) is 6.07 Å². The average molecular weight is 197 g/mol. The molecule has 0 aliphatic heterocycles. The molecule has 0 aromatic heterocycles. The summed E-state index contributed by atoms with van der Waals surface area (Å²) in [7, 11) is 0. The van der Waals surface area contributed by atoms with Gasteiger partial charge < -0.3 is 4.74 Å². The van der Waals surface area contributed by atoms with Crippen LogP contribution in [0.1, 0.15) is 52.4 Å². The topological polar surface area (TPSA) is 33.0 Å². The molecule has 0 rings (SSSR count). The fourth-order valence-corrected chi connectivity index (χ4v) is 1.40. The zero-order valence-corrected chi connectivity index (χ0v) is 9.59. The van der Waals surface area contributed by atoms with Crippen molar-refractivity contribution in [1.82, 2.24) is 0 Å². The van der Waals surface area contributed by atoms with Gasteiger partial charge in [-0.25, -0.2) is 0 Å². The van der Waals surface area contributed by atoms with Crippen LogP contribution in [0.5, 0.6) is 0 Å². The van der Waals surface area contributed by atoms with Gasteiger partial charge in [-0.15, -0.1) is 0 Å². The Labute approximate surface area is 88.3 Å². The molecule has 0 aromatic carbocycles. The van der Waals surface area contributed by atoms with Gasteiger partial charge >= 0.3 is 0 Å². The highest BCUT2D eigenvalue weighted by atomic mass is 16.5. The molecular weight excluding hydrogens is 174 g/mol. The van der Waals surface area contributed by atoms with Gasteiger partial charge in [-0.2, -0.15) is 5.26 Å². The van der Waals surface area contributed by atoms with Crippen LogP contribution in [0.2, 0.25) is 0 Å². The van der Waals surface area contributed by atoms with Crippen molar-refractivity contribution in [3.05, 3.63) is 0 Å². The lowest BCUT2D eigenvalue weighted by Crippen LogP contribution is -2.09. The predicted octanol–water partition coefficient (Wildman–Crippen LogP) is 3.52. The Balaban J connectivity index is 3.29. The van der Waals surface area contributed by atoms with E-state index in [2.05, 4.69) is 19.9 Å². The van der Waals surface area contributed by atoms with Crippen LogP contribution in [0.4, 0.5) is 0 Å². The molecule has 0 radical (unpaired) electrons. The molecule has 82 valence electrons. The van der Waals surface area contributed by atoms with Gasteiger partial charge in [0, 0.05) is 19.6 Å². The van der Waals surface area contributed by atoms with Crippen molar-refractivity contribution in [3.8, 4) is 6.07 Å². The third-order valence-corrected chi connectivity index (χ3v) is 2.47. The predicted molar refractivity (Wildman–Crippen MR) is 59.0 cm³/mol. The lowest BCUT2D eigenvalue weighted by molar-refractivity contribution is 0.0928. The number of nitrogens with zero attached hydrogens (tertiary/aromatic N) is 1. The monoisotopic (exact) mass is 197 g/mol. The van der Waals surface area contributed by atoms with Crippen molar-refractivity contribution in [1.29, 1.82) is 5.26 Å². The third-order valence-electron chi connectivity index (χ3n) is 2.47. The fourth-order valence-electron chi connectivity index (χ4n) is 1.40. The Bertz CT molecular complexity index is 151. The second-order valence-corrected chi connectivity index (χ2v) is 3.75. The van der Waals surface area contributed by atoms with Gasteiger partial charge in [-0.1, -0.05) is 33.1 Å². The molecule has 2 nitrogen and oxygen atoms in total. The summed E-state index contributed by atoms with van der Waals surface area (Å²) in [5, 5.41) is 8.33. The number of nitriles is 1. The quantitative estimate of drug-likeness (QED) is 0.530. The number of unbranched alkanes of at least 4 members (excludes halogenated alkanes) is 2. The third kappa shape index (κ3) is 8.07. The molecule has 0 aliphatic carbocycles. The number of hydrogen-bond donors (Lipinski definition) is 0. The molecule has 0 heterocycles. The maximum absolute atomic E-state index is 8.33. The smallest absolute Gasteiger partial charge is 0.0622 e. The van der Waals surface area contributed by atoms with Crippen molar-refractivity contribution < 1.29 is 4.74 Å². The molecule has 0 aromatic rings. The summed E-state index contributed by atoms with van der Waals surface area (Å²) >= 11 is 0. The molecule has 0 fully saturated rings. The Kier molecular flexibility index (Phi) is 10.1. The number of ether oxygens (including phenoxy) is 1. The lowest BCUT2D eigenvalue weighted by Gasteiger charge is -2.14. The van der Waals surface area contributed by atoms with Crippen LogP contribution in [-0.2, 0) is 4.74 Å². The minimum absolute atomic E-state index is 0.617. The van der Waals surface area contributed by atoms with Crippen LogP contribution < -0.4 is 0 Å². The Hall–Kier alpha value is -0.550. The highest BCUT2D eigenvalue weighted by molar-refractivity contribution is 4.67. The molecule has 0 N–H and O–H groups in total. The van der Waals surface area contributed by atoms with Crippen LogP contribution in [0, 0.1) is 17.2 Å². The van der Waals surface area contributed by atoms with Gasteiger partial charge in [0.15, 0.2) is 0 Å². The molecular formula is C12H23NO.